The normalized spacial score (nSPS) is 26.7. The van der Waals surface area contributed by atoms with Gasteiger partial charge in [-0.1, -0.05) is 42.4 Å². The Hall–Kier alpha value is -1.72. The fraction of sp³-hybridized carbons (Fsp3) is 0.455. The highest BCUT2D eigenvalue weighted by Gasteiger charge is 2.44. The van der Waals surface area contributed by atoms with Gasteiger partial charge < -0.3 is 9.80 Å². The second kappa shape index (κ2) is 7.27. The number of pyridine rings is 1. The van der Waals surface area contributed by atoms with Crippen molar-refractivity contribution in [3.8, 4) is 0 Å². The minimum Gasteiger partial charge on any atom is -0.371 e. The van der Waals surface area contributed by atoms with Crippen LogP contribution in [0.15, 0.2) is 41.5 Å². The Labute approximate surface area is 176 Å². The van der Waals surface area contributed by atoms with Gasteiger partial charge in [-0.25, -0.2) is 0 Å². The maximum atomic E-state index is 7.00. The van der Waals surface area contributed by atoms with E-state index in [1.54, 1.807) is 0 Å². The predicted octanol–water partition coefficient (Wildman–Crippen LogP) is 5.23. The monoisotopic (exact) mass is 412 g/mol. The van der Waals surface area contributed by atoms with E-state index in [2.05, 4.69) is 46.8 Å². The highest BCUT2D eigenvalue weighted by Crippen LogP contribution is 2.50. The topological polar surface area (TPSA) is 31.7 Å². The summed E-state index contributed by atoms with van der Waals surface area (Å²) in [5.41, 5.74) is 4.66. The molecule has 4 nitrogen and oxygen atoms in total. The second-order valence-corrected chi connectivity index (χ2v) is 9.73. The zero-order chi connectivity index (χ0) is 19.3. The van der Waals surface area contributed by atoms with Crippen LogP contribution in [0.1, 0.15) is 48.7 Å². The molecule has 3 aliphatic rings. The van der Waals surface area contributed by atoms with Crippen molar-refractivity contribution in [3.63, 3.8) is 0 Å². The number of nitrogens with zero attached hydrogens (tertiary/aromatic N) is 4. The molecule has 28 heavy (non-hydrogen) atoms. The standard InChI is InChI=1S/C22H25ClN4S/c1-14-13-27-21(20(25-22(27)28-14)17-7-3-4-10-24-17)16-8-9-18(15(2)19(16)23)26-11-5-6-12-26/h3-4,7-10,14,20-21H,5-6,11-13H2,1-2H3/t14-,20-,21+/m0/s1. The lowest BCUT2D eigenvalue weighted by Crippen LogP contribution is -2.29. The molecule has 0 amide bonds. The van der Waals surface area contributed by atoms with Gasteiger partial charge in [0.05, 0.1) is 16.8 Å². The molecule has 0 spiro atoms. The summed E-state index contributed by atoms with van der Waals surface area (Å²) in [6.45, 7) is 7.68. The van der Waals surface area contributed by atoms with E-state index < -0.39 is 0 Å². The van der Waals surface area contributed by atoms with Crippen LogP contribution in [-0.2, 0) is 0 Å². The van der Waals surface area contributed by atoms with Crippen LogP contribution >= 0.6 is 23.4 Å². The smallest absolute Gasteiger partial charge is 0.160 e. The van der Waals surface area contributed by atoms with Gasteiger partial charge in [0.2, 0.25) is 0 Å². The van der Waals surface area contributed by atoms with Gasteiger partial charge in [-0.15, -0.1) is 0 Å². The van der Waals surface area contributed by atoms with E-state index >= 15 is 0 Å². The number of halogens is 1. The minimum absolute atomic E-state index is 0.00858. The van der Waals surface area contributed by atoms with Gasteiger partial charge in [-0.2, -0.15) is 0 Å². The lowest BCUT2D eigenvalue weighted by Gasteiger charge is -2.30. The van der Waals surface area contributed by atoms with E-state index in [0.717, 1.165) is 35.5 Å². The zero-order valence-electron chi connectivity index (χ0n) is 16.3. The Morgan fingerprint density at radius 2 is 1.96 bits per heavy atom. The molecule has 3 aliphatic heterocycles. The summed E-state index contributed by atoms with van der Waals surface area (Å²) in [5.74, 6) is 0. The molecular formula is C22H25ClN4S. The molecular weight excluding hydrogens is 388 g/mol. The second-order valence-electron chi connectivity index (χ2n) is 7.94. The van der Waals surface area contributed by atoms with Crippen LogP contribution in [0, 0.1) is 6.92 Å². The maximum Gasteiger partial charge on any atom is 0.160 e. The van der Waals surface area contributed by atoms with Crippen molar-refractivity contribution >= 4 is 34.2 Å². The number of amidine groups is 1. The number of aromatic nitrogens is 1. The molecule has 0 aliphatic carbocycles. The number of hydrogen-bond donors (Lipinski definition) is 0. The molecule has 0 saturated carbocycles. The van der Waals surface area contributed by atoms with Gasteiger partial charge in [0, 0.05) is 36.8 Å². The number of thioether (sulfide) groups is 1. The summed E-state index contributed by atoms with van der Waals surface area (Å²) in [4.78, 5) is 14.6. The first kappa shape index (κ1) is 18.3. The quantitative estimate of drug-likeness (QED) is 0.690. The molecule has 2 aromatic rings. The Morgan fingerprint density at radius 3 is 2.71 bits per heavy atom. The first-order valence-electron chi connectivity index (χ1n) is 10.1. The molecule has 5 rings (SSSR count). The van der Waals surface area contributed by atoms with Crippen molar-refractivity contribution in [1.29, 1.82) is 0 Å². The molecule has 0 radical (unpaired) electrons. The molecule has 2 saturated heterocycles. The van der Waals surface area contributed by atoms with Crippen LogP contribution in [0.3, 0.4) is 0 Å². The third-order valence-electron chi connectivity index (χ3n) is 6.03. The largest absolute Gasteiger partial charge is 0.371 e. The minimum atomic E-state index is -0.00858. The van der Waals surface area contributed by atoms with Crippen LogP contribution in [0.2, 0.25) is 5.02 Å². The van der Waals surface area contributed by atoms with E-state index in [4.69, 9.17) is 16.6 Å². The SMILES string of the molecule is Cc1c(N2CCCC2)ccc([C@@H]2[C@H](c3ccccn3)N=C3S[C@@H](C)CN32)c1Cl. The third-order valence-corrected chi connectivity index (χ3v) is 7.64. The van der Waals surface area contributed by atoms with Gasteiger partial charge in [0.15, 0.2) is 5.17 Å². The van der Waals surface area contributed by atoms with E-state index in [1.165, 1.54) is 29.7 Å². The number of anilines is 1. The molecule has 6 heteroatoms. The average Bonchev–Trinajstić information content (AvgIpc) is 3.41. The van der Waals surface area contributed by atoms with Crippen LogP contribution < -0.4 is 4.90 Å². The van der Waals surface area contributed by atoms with Crippen LogP contribution in [-0.4, -0.2) is 39.9 Å². The predicted molar refractivity (Wildman–Crippen MR) is 119 cm³/mol. The Kier molecular flexibility index (Phi) is 4.76. The fourth-order valence-electron chi connectivity index (χ4n) is 4.68. The molecule has 146 valence electrons. The summed E-state index contributed by atoms with van der Waals surface area (Å²) in [6.07, 6.45) is 4.39. The number of hydrogen-bond acceptors (Lipinski definition) is 5. The van der Waals surface area contributed by atoms with Crippen LogP contribution in [0.25, 0.3) is 0 Å². The number of aliphatic imine (C=N–C) groups is 1. The molecule has 0 bridgehead atoms. The summed E-state index contributed by atoms with van der Waals surface area (Å²) in [6, 6.07) is 10.7. The summed E-state index contributed by atoms with van der Waals surface area (Å²) < 4.78 is 0. The van der Waals surface area contributed by atoms with Gasteiger partial charge in [0.1, 0.15) is 6.04 Å². The Morgan fingerprint density at radius 1 is 1.14 bits per heavy atom. The Bertz CT molecular complexity index is 910. The fourth-order valence-corrected chi connectivity index (χ4v) is 6.04. The Balaban J connectivity index is 1.57. The molecule has 2 fully saturated rings. The van der Waals surface area contributed by atoms with Gasteiger partial charge >= 0.3 is 0 Å². The van der Waals surface area contributed by atoms with Crippen molar-refractivity contribution < 1.29 is 0 Å². The van der Waals surface area contributed by atoms with E-state index in [1.807, 2.05) is 30.1 Å². The van der Waals surface area contributed by atoms with Gasteiger partial charge in [-0.05, 0) is 49.1 Å². The third kappa shape index (κ3) is 3.00. The summed E-state index contributed by atoms with van der Waals surface area (Å²) in [5, 5.41) is 2.57. The summed E-state index contributed by atoms with van der Waals surface area (Å²) in [7, 11) is 0. The molecule has 1 aromatic heterocycles. The van der Waals surface area contributed by atoms with Crippen molar-refractivity contribution in [2.45, 2.75) is 44.0 Å². The van der Waals surface area contributed by atoms with E-state index in [9.17, 15) is 0 Å². The van der Waals surface area contributed by atoms with E-state index in [0.29, 0.717) is 5.25 Å². The lowest BCUT2D eigenvalue weighted by molar-refractivity contribution is 0.321. The first-order chi connectivity index (χ1) is 13.6. The maximum absolute atomic E-state index is 7.00. The number of fused-ring (bicyclic) bond motifs is 1. The van der Waals surface area contributed by atoms with Crippen molar-refractivity contribution in [2.75, 3.05) is 24.5 Å². The first-order valence-corrected chi connectivity index (χ1v) is 11.3. The van der Waals surface area contributed by atoms with Crippen molar-refractivity contribution in [1.82, 2.24) is 9.88 Å². The van der Waals surface area contributed by atoms with Gasteiger partial charge in [0.25, 0.3) is 0 Å². The van der Waals surface area contributed by atoms with Crippen LogP contribution in [0.4, 0.5) is 5.69 Å². The van der Waals surface area contributed by atoms with Gasteiger partial charge in [-0.3, -0.25) is 9.98 Å². The molecule has 0 unspecified atom stereocenters. The average molecular weight is 413 g/mol. The number of rotatable bonds is 3. The molecule has 4 heterocycles. The van der Waals surface area contributed by atoms with Crippen molar-refractivity contribution in [3.05, 3.63) is 58.4 Å². The molecule has 0 N–H and O–H groups in total. The zero-order valence-corrected chi connectivity index (χ0v) is 17.9. The number of benzene rings is 1. The van der Waals surface area contributed by atoms with Crippen molar-refractivity contribution in [2.24, 2.45) is 4.99 Å². The molecule has 1 aromatic carbocycles. The van der Waals surface area contributed by atoms with E-state index in [-0.39, 0.29) is 12.1 Å². The lowest BCUT2D eigenvalue weighted by atomic mass is 9.94. The molecule has 3 atom stereocenters. The van der Waals surface area contributed by atoms with Crippen LogP contribution in [0.5, 0.6) is 0 Å². The highest BCUT2D eigenvalue weighted by atomic mass is 35.5. The highest BCUT2D eigenvalue weighted by molar-refractivity contribution is 8.14. The summed E-state index contributed by atoms with van der Waals surface area (Å²) >= 11 is 8.87.